The van der Waals surface area contributed by atoms with Gasteiger partial charge >= 0.3 is 0 Å². The molecule has 21 heavy (non-hydrogen) atoms. The lowest BCUT2D eigenvalue weighted by atomic mass is 10.3. The number of hydrogen-bond donors (Lipinski definition) is 1. The van der Waals surface area contributed by atoms with Gasteiger partial charge in [-0.3, -0.25) is 4.79 Å². The molecule has 1 N–H and O–H groups in total. The number of amides is 1. The van der Waals surface area contributed by atoms with Gasteiger partial charge in [0, 0.05) is 7.05 Å². The minimum atomic E-state index is -0.138. The molecule has 0 saturated heterocycles. The van der Waals surface area contributed by atoms with E-state index in [0.29, 0.717) is 17.5 Å². The standard InChI is InChI=1S/C13H12N4O2S2/c1-14-11(18)6-10-16-12(19-17-10)7-20-13-15-8-4-2-3-5-9(8)21-13/h2-5H,6-7H2,1H3,(H,14,18). The number of likely N-dealkylation sites (N-methyl/N-ethyl adjacent to an activating group) is 1. The molecule has 3 rings (SSSR count). The lowest BCUT2D eigenvalue weighted by Crippen LogP contribution is -2.20. The van der Waals surface area contributed by atoms with Crippen molar-refractivity contribution in [2.45, 2.75) is 16.5 Å². The Morgan fingerprint density at radius 2 is 2.24 bits per heavy atom. The van der Waals surface area contributed by atoms with Gasteiger partial charge in [0.2, 0.25) is 11.8 Å². The molecule has 0 unspecified atom stereocenters. The Labute approximate surface area is 129 Å². The van der Waals surface area contributed by atoms with E-state index in [2.05, 4.69) is 20.4 Å². The average molecular weight is 320 g/mol. The molecule has 6 nitrogen and oxygen atoms in total. The SMILES string of the molecule is CNC(=O)Cc1noc(CSc2nc3ccccc3s2)n1. The van der Waals surface area contributed by atoms with E-state index in [-0.39, 0.29) is 12.3 Å². The summed E-state index contributed by atoms with van der Waals surface area (Å²) in [6, 6.07) is 8.01. The first-order valence-corrected chi connectivity index (χ1v) is 8.05. The number of fused-ring (bicyclic) bond motifs is 1. The smallest absolute Gasteiger partial charge is 0.237 e. The van der Waals surface area contributed by atoms with Crippen LogP contribution >= 0.6 is 23.1 Å². The van der Waals surface area contributed by atoms with E-state index in [0.717, 1.165) is 14.6 Å². The molecule has 2 aromatic heterocycles. The van der Waals surface area contributed by atoms with Crippen LogP contribution < -0.4 is 5.32 Å². The zero-order valence-electron chi connectivity index (χ0n) is 11.2. The van der Waals surface area contributed by atoms with Crippen LogP contribution in [0.1, 0.15) is 11.7 Å². The Balaban J connectivity index is 1.63. The highest BCUT2D eigenvalue weighted by molar-refractivity contribution is 8.00. The van der Waals surface area contributed by atoms with Crippen LogP contribution in [-0.2, 0) is 17.0 Å². The van der Waals surface area contributed by atoms with Crippen molar-refractivity contribution >= 4 is 39.2 Å². The first-order chi connectivity index (χ1) is 10.2. The molecule has 8 heteroatoms. The van der Waals surface area contributed by atoms with Crippen LogP contribution in [0.2, 0.25) is 0 Å². The van der Waals surface area contributed by atoms with Gasteiger partial charge in [0.05, 0.1) is 22.4 Å². The van der Waals surface area contributed by atoms with E-state index in [1.54, 1.807) is 30.1 Å². The number of thioether (sulfide) groups is 1. The third kappa shape index (κ3) is 3.40. The number of nitrogens with zero attached hydrogens (tertiary/aromatic N) is 3. The first-order valence-electron chi connectivity index (χ1n) is 6.25. The van der Waals surface area contributed by atoms with E-state index in [9.17, 15) is 4.79 Å². The number of rotatable bonds is 5. The molecule has 3 aromatic rings. The van der Waals surface area contributed by atoms with E-state index in [1.165, 1.54) is 0 Å². The fourth-order valence-corrected chi connectivity index (χ4v) is 3.59. The molecule has 0 bridgehead atoms. The van der Waals surface area contributed by atoms with Crippen LogP contribution in [0.3, 0.4) is 0 Å². The molecular formula is C13H12N4O2S2. The second kappa shape index (κ2) is 6.23. The summed E-state index contributed by atoms with van der Waals surface area (Å²) in [5, 5.41) is 6.30. The van der Waals surface area contributed by atoms with Crippen molar-refractivity contribution in [3.63, 3.8) is 0 Å². The number of para-hydroxylation sites is 1. The van der Waals surface area contributed by atoms with Gasteiger partial charge in [0.1, 0.15) is 0 Å². The largest absolute Gasteiger partial charge is 0.359 e. The monoisotopic (exact) mass is 320 g/mol. The van der Waals surface area contributed by atoms with Gasteiger partial charge in [-0.05, 0) is 12.1 Å². The van der Waals surface area contributed by atoms with Gasteiger partial charge in [-0.25, -0.2) is 4.98 Å². The van der Waals surface area contributed by atoms with Crippen LogP contribution in [0, 0.1) is 0 Å². The van der Waals surface area contributed by atoms with Crippen LogP contribution in [0.25, 0.3) is 10.2 Å². The Bertz CT molecular complexity index is 735. The van der Waals surface area contributed by atoms with E-state index < -0.39 is 0 Å². The molecule has 2 heterocycles. The van der Waals surface area contributed by atoms with Crippen molar-refractivity contribution in [3.05, 3.63) is 36.0 Å². The normalized spacial score (nSPS) is 10.9. The van der Waals surface area contributed by atoms with Crippen molar-refractivity contribution in [1.29, 1.82) is 0 Å². The van der Waals surface area contributed by atoms with Gasteiger partial charge in [0.15, 0.2) is 10.2 Å². The third-order valence-electron chi connectivity index (χ3n) is 2.70. The van der Waals surface area contributed by atoms with Gasteiger partial charge in [-0.2, -0.15) is 4.98 Å². The molecule has 0 aliphatic carbocycles. The van der Waals surface area contributed by atoms with Crippen molar-refractivity contribution in [2.75, 3.05) is 7.05 Å². The van der Waals surface area contributed by atoms with Gasteiger partial charge in [-0.15, -0.1) is 11.3 Å². The summed E-state index contributed by atoms with van der Waals surface area (Å²) in [7, 11) is 1.58. The summed E-state index contributed by atoms with van der Waals surface area (Å²) in [5.74, 6) is 1.30. The highest BCUT2D eigenvalue weighted by Gasteiger charge is 2.11. The number of hydrogen-bond acceptors (Lipinski definition) is 7. The van der Waals surface area contributed by atoms with Crippen LogP contribution in [0.15, 0.2) is 33.1 Å². The van der Waals surface area contributed by atoms with Crippen LogP contribution in [-0.4, -0.2) is 28.1 Å². The number of thiazole rings is 1. The van der Waals surface area contributed by atoms with Crippen LogP contribution in [0.4, 0.5) is 0 Å². The lowest BCUT2D eigenvalue weighted by Gasteiger charge is -1.92. The highest BCUT2D eigenvalue weighted by Crippen LogP contribution is 2.30. The maximum atomic E-state index is 11.2. The Morgan fingerprint density at radius 1 is 1.38 bits per heavy atom. The topological polar surface area (TPSA) is 80.9 Å². The summed E-state index contributed by atoms with van der Waals surface area (Å²) in [5.41, 5.74) is 0.996. The molecule has 0 fully saturated rings. The number of carbonyl (C=O) groups is 1. The molecule has 0 radical (unpaired) electrons. The van der Waals surface area contributed by atoms with E-state index in [1.807, 2.05) is 24.3 Å². The minimum absolute atomic E-state index is 0.131. The van der Waals surface area contributed by atoms with Gasteiger partial charge in [0.25, 0.3) is 0 Å². The molecule has 0 spiro atoms. The Kier molecular flexibility index (Phi) is 4.16. The molecule has 0 aliphatic heterocycles. The number of benzene rings is 1. The summed E-state index contributed by atoms with van der Waals surface area (Å²) in [6.07, 6.45) is 0.131. The summed E-state index contributed by atoms with van der Waals surface area (Å²) >= 11 is 3.18. The molecular weight excluding hydrogens is 308 g/mol. The van der Waals surface area contributed by atoms with Crippen molar-refractivity contribution in [1.82, 2.24) is 20.4 Å². The molecule has 1 amide bonds. The number of aromatic nitrogens is 3. The third-order valence-corrected chi connectivity index (χ3v) is 4.87. The summed E-state index contributed by atoms with van der Waals surface area (Å²) in [4.78, 5) is 19.9. The average Bonchev–Trinajstić information content (AvgIpc) is 3.10. The zero-order valence-corrected chi connectivity index (χ0v) is 12.8. The number of nitrogens with one attached hydrogen (secondary N) is 1. The quantitative estimate of drug-likeness (QED) is 0.726. The molecule has 108 valence electrons. The van der Waals surface area contributed by atoms with E-state index in [4.69, 9.17) is 4.52 Å². The van der Waals surface area contributed by atoms with Crippen molar-refractivity contribution in [3.8, 4) is 0 Å². The fourth-order valence-electron chi connectivity index (χ4n) is 1.69. The Morgan fingerprint density at radius 3 is 3.05 bits per heavy atom. The molecule has 0 atom stereocenters. The van der Waals surface area contributed by atoms with Crippen molar-refractivity contribution < 1.29 is 9.32 Å². The highest BCUT2D eigenvalue weighted by atomic mass is 32.2. The number of carbonyl (C=O) groups excluding carboxylic acids is 1. The zero-order chi connectivity index (χ0) is 14.7. The van der Waals surface area contributed by atoms with Crippen molar-refractivity contribution in [2.24, 2.45) is 0 Å². The van der Waals surface area contributed by atoms with Crippen LogP contribution in [0.5, 0.6) is 0 Å². The van der Waals surface area contributed by atoms with Gasteiger partial charge < -0.3 is 9.84 Å². The lowest BCUT2D eigenvalue weighted by molar-refractivity contribution is -0.120. The second-order valence-electron chi connectivity index (χ2n) is 4.19. The minimum Gasteiger partial charge on any atom is -0.359 e. The predicted octanol–water partition coefficient (Wildman–Crippen LogP) is 2.26. The summed E-state index contributed by atoms with van der Waals surface area (Å²) in [6.45, 7) is 0. The van der Waals surface area contributed by atoms with Gasteiger partial charge in [-0.1, -0.05) is 29.1 Å². The van der Waals surface area contributed by atoms with E-state index >= 15 is 0 Å². The Hall–Kier alpha value is -1.93. The molecule has 1 aromatic carbocycles. The molecule has 0 saturated carbocycles. The molecule has 0 aliphatic rings. The fraction of sp³-hybridized carbons (Fsp3) is 0.231. The predicted molar refractivity (Wildman–Crippen MR) is 81.2 cm³/mol. The first kappa shape index (κ1) is 14.0. The maximum absolute atomic E-state index is 11.2. The second-order valence-corrected chi connectivity index (χ2v) is 6.44. The summed E-state index contributed by atoms with van der Waals surface area (Å²) < 4.78 is 7.24. The maximum Gasteiger partial charge on any atom is 0.237 e.